The van der Waals surface area contributed by atoms with Crippen molar-refractivity contribution in [3.63, 3.8) is 0 Å². The van der Waals surface area contributed by atoms with Gasteiger partial charge < -0.3 is 20.1 Å². The Morgan fingerprint density at radius 3 is 2.70 bits per heavy atom. The summed E-state index contributed by atoms with van der Waals surface area (Å²) in [5.74, 6) is 1.39. The van der Waals surface area contributed by atoms with Gasteiger partial charge in [-0.25, -0.2) is 4.79 Å². The fourth-order valence-corrected chi connectivity index (χ4v) is 3.72. The second-order valence-corrected chi connectivity index (χ2v) is 7.07. The smallest absolute Gasteiger partial charge is 0.319 e. The fourth-order valence-electron chi connectivity index (χ4n) is 3.05. The number of amides is 2. The molecule has 27 heavy (non-hydrogen) atoms. The predicted molar refractivity (Wildman–Crippen MR) is 107 cm³/mol. The summed E-state index contributed by atoms with van der Waals surface area (Å²) in [6.45, 7) is 2.97. The third kappa shape index (κ3) is 3.68. The molecule has 0 aliphatic carbocycles. The van der Waals surface area contributed by atoms with Crippen molar-refractivity contribution in [3.8, 4) is 11.5 Å². The Balaban J connectivity index is 1.51. The van der Waals surface area contributed by atoms with Crippen LogP contribution in [-0.4, -0.2) is 24.2 Å². The summed E-state index contributed by atoms with van der Waals surface area (Å²) in [5, 5.41) is 6.81. The first-order valence-corrected chi connectivity index (χ1v) is 9.41. The highest BCUT2D eigenvalue weighted by Gasteiger charge is 2.19. The molecule has 1 aromatic heterocycles. The Kier molecular flexibility index (Phi) is 4.85. The van der Waals surface area contributed by atoms with Crippen molar-refractivity contribution in [2.45, 2.75) is 13.0 Å². The zero-order valence-corrected chi connectivity index (χ0v) is 16.2. The van der Waals surface area contributed by atoms with Crippen LogP contribution in [0.2, 0.25) is 0 Å². The van der Waals surface area contributed by atoms with Crippen LogP contribution in [0.1, 0.15) is 18.5 Å². The Morgan fingerprint density at radius 1 is 1.15 bits per heavy atom. The van der Waals surface area contributed by atoms with Crippen LogP contribution in [-0.2, 0) is 0 Å². The van der Waals surface area contributed by atoms with Gasteiger partial charge in [0, 0.05) is 16.1 Å². The SMILES string of the molecule is C[C@@H](NC(=O)Nc1cccc2cccnc12)c1cc2c(cc1Br)OCCO2. The Morgan fingerprint density at radius 2 is 1.89 bits per heavy atom. The molecule has 0 unspecified atom stereocenters. The van der Waals surface area contributed by atoms with Crippen molar-refractivity contribution in [1.82, 2.24) is 10.3 Å². The van der Waals surface area contributed by atoms with Crippen LogP contribution >= 0.6 is 15.9 Å². The quantitative estimate of drug-likeness (QED) is 0.637. The first-order chi connectivity index (χ1) is 13.1. The maximum Gasteiger partial charge on any atom is 0.319 e. The second kappa shape index (κ2) is 7.44. The minimum atomic E-state index is -0.303. The van der Waals surface area contributed by atoms with Crippen LogP contribution in [0.25, 0.3) is 10.9 Å². The highest BCUT2D eigenvalue weighted by Crippen LogP contribution is 2.37. The molecule has 4 rings (SSSR count). The molecule has 0 saturated heterocycles. The first-order valence-electron chi connectivity index (χ1n) is 8.62. The number of benzene rings is 2. The van der Waals surface area contributed by atoms with E-state index >= 15 is 0 Å². The fraction of sp³-hybridized carbons (Fsp3) is 0.200. The van der Waals surface area contributed by atoms with E-state index in [1.807, 2.05) is 49.4 Å². The van der Waals surface area contributed by atoms with Crippen LogP contribution in [0.4, 0.5) is 10.5 Å². The summed E-state index contributed by atoms with van der Waals surface area (Å²) in [6, 6.07) is 12.7. The number of para-hydroxylation sites is 1. The highest BCUT2D eigenvalue weighted by atomic mass is 79.9. The van der Waals surface area contributed by atoms with Crippen LogP contribution < -0.4 is 20.1 Å². The second-order valence-electron chi connectivity index (χ2n) is 6.22. The lowest BCUT2D eigenvalue weighted by Gasteiger charge is -2.22. The number of ether oxygens (including phenoxy) is 2. The molecule has 0 bridgehead atoms. The standard InChI is InChI=1S/C20H18BrN3O3/c1-12(14-10-17-18(11-15(14)21)27-9-8-26-17)23-20(25)24-16-6-2-4-13-5-3-7-22-19(13)16/h2-7,10-12H,8-9H2,1H3,(H2,23,24,25)/t12-/m1/s1. The van der Waals surface area contributed by atoms with E-state index in [0.717, 1.165) is 20.9 Å². The van der Waals surface area contributed by atoms with Gasteiger partial charge in [-0.15, -0.1) is 0 Å². The van der Waals surface area contributed by atoms with Crippen molar-refractivity contribution in [3.05, 3.63) is 58.7 Å². The van der Waals surface area contributed by atoms with E-state index in [9.17, 15) is 4.79 Å². The average Bonchev–Trinajstić information content (AvgIpc) is 2.67. The summed E-state index contributed by atoms with van der Waals surface area (Å²) >= 11 is 3.55. The number of halogens is 1. The monoisotopic (exact) mass is 427 g/mol. The van der Waals surface area contributed by atoms with Crippen molar-refractivity contribution < 1.29 is 14.3 Å². The molecule has 0 radical (unpaired) electrons. The number of carbonyl (C=O) groups excluding carboxylic acids is 1. The van der Waals surface area contributed by atoms with E-state index in [-0.39, 0.29) is 12.1 Å². The molecule has 2 amide bonds. The molecule has 1 aliphatic rings. The largest absolute Gasteiger partial charge is 0.486 e. The number of pyridine rings is 1. The van der Waals surface area contributed by atoms with Crippen LogP contribution in [0, 0.1) is 0 Å². The van der Waals surface area contributed by atoms with Gasteiger partial charge in [-0.05, 0) is 36.8 Å². The third-order valence-electron chi connectivity index (χ3n) is 4.36. The summed E-state index contributed by atoms with van der Waals surface area (Å²) < 4.78 is 12.1. The molecule has 0 saturated carbocycles. The van der Waals surface area contributed by atoms with Gasteiger partial charge in [0.1, 0.15) is 13.2 Å². The maximum absolute atomic E-state index is 12.5. The van der Waals surface area contributed by atoms with Crippen molar-refractivity contribution >= 4 is 38.6 Å². The molecule has 138 valence electrons. The molecule has 2 aromatic carbocycles. The van der Waals surface area contributed by atoms with Crippen molar-refractivity contribution in [1.29, 1.82) is 0 Å². The molecule has 0 spiro atoms. The van der Waals surface area contributed by atoms with E-state index in [1.54, 1.807) is 6.20 Å². The summed E-state index contributed by atoms with van der Waals surface area (Å²) in [4.78, 5) is 16.9. The third-order valence-corrected chi connectivity index (χ3v) is 5.04. The molecule has 6 nitrogen and oxygen atoms in total. The summed E-state index contributed by atoms with van der Waals surface area (Å²) in [5.41, 5.74) is 2.33. The minimum Gasteiger partial charge on any atom is -0.486 e. The zero-order chi connectivity index (χ0) is 18.8. The van der Waals surface area contributed by atoms with Crippen LogP contribution in [0.15, 0.2) is 53.1 Å². The van der Waals surface area contributed by atoms with Gasteiger partial charge in [-0.2, -0.15) is 0 Å². The molecule has 0 fully saturated rings. The molecular weight excluding hydrogens is 410 g/mol. The van der Waals surface area contributed by atoms with Gasteiger partial charge in [0.2, 0.25) is 0 Å². The topological polar surface area (TPSA) is 72.5 Å². The lowest BCUT2D eigenvalue weighted by atomic mass is 10.1. The molecular formula is C20H18BrN3O3. The van der Waals surface area contributed by atoms with Crippen molar-refractivity contribution in [2.75, 3.05) is 18.5 Å². The Bertz CT molecular complexity index is 1000. The van der Waals surface area contributed by atoms with E-state index in [0.29, 0.717) is 30.4 Å². The highest BCUT2D eigenvalue weighted by molar-refractivity contribution is 9.10. The summed E-state index contributed by atoms with van der Waals surface area (Å²) in [6.07, 6.45) is 1.71. The van der Waals surface area contributed by atoms with Gasteiger partial charge in [0.25, 0.3) is 0 Å². The van der Waals surface area contributed by atoms with E-state index < -0.39 is 0 Å². The van der Waals surface area contributed by atoms with Gasteiger partial charge in [0.05, 0.1) is 17.2 Å². The number of aromatic nitrogens is 1. The lowest BCUT2D eigenvalue weighted by molar-refractivity contribution is 0.171. The van der Waals surface area contributed by atoms with Crippen molar-refractivity contribution in [2.24, 2.45) is 0 Å². The molecule has 1 aliphatic heterocycles. The van der Waals surface area contributed by atoms with Gasteiger partial charge in [0.15, 0.2) is 11.5 Å². The number of carbonyl (C=O) groups is 1. The predicted octanol–water partition coefficient (Wildman–Crippen LogP) is 4.65. The Hall–Kier alpha value is -2.80. The maximum atomic E-state index is 12.5. The van der Waals surface area contributed by atoms with Crippen LogP contribution in [0.5, 0.6) is 11.5 Å². The van der Waals surface area contributed by atoms with Gasteiger partial charge in [-0.1, -0.05) is 34.1 Å². The van der Waals surface area contributed by atoms with Gasteiger partial charge in [-0.3, -0.25) is 4.98 Å². The summed E-state index contributed by atoms with van der Waals surface area (Å²) in [7, 11) is 0. The lowest BCUT2D eigenvalue weighted by Crippen LogP contribution is -2.31. The molecule has 3 aromatic rings. The Labute approximate surface area is 165 Å². The van der Waals surface area contributed by atoms with E-state index in [1.165, 1.54) is 0 Å². The number of hydrogen-bond donors (Lipinski definition) is 2. The van der Waals surface area contributed by atoms with Gasteiger partial charge >= 0.3 is 6.03 Å². The first kappa shape index (κ1) is 17.6. The number of nitrogens with one attached hydrogen (secondary N) is 2. The number of anilines is 1. The zero-order valence-electron chi connectivity index (χ0n) is 14.7. The van der Waals surface area contributed by atoms with E-state index in [2.05, 4.69) is 31.5 Å². The van der Waals surface area contributed by atoms with Crippen LogP contribution in [0.3, 0.4) is 0 Å². The normalized spacial score (nSPS) is 13.9. The number of hydrogen-bond acceptors (Lipinski definition) is 4. The molecule has 2 heterocycles. The average molecular weight is 428 g/mol. The number of fused-ring (bicyclic) bond motifs is 2. The van der Waals surface area contributed by atoms with E-state index in [4.69, 9.17) is 9.47 Å². The number of nitrogens with zero attached hydrogens (tertiary/aromatic N) is 1. The molecule has 2 N–H and O–H groups in total. The molecule has 1 atom stereocenters. The number of rotatable bonds is 3. The number of urea groups is 1. The minimum absolute atomic E-state index is 0.238. The molecule has 7 heteroatoms.